The Labute approximate surface area is 167 Å². The first-order valence-electron chi connectivity index (χ1n) is 9.61. The van der Waals surface area contributed by atoms with Crippen LogP contribution in [0.3, 0.4) is 0 Å². The molecule has 3 aromatic rings. The number of nitrogens with zero attached hydrogens (tertiary/aromatic N) is 5. The summed E-state index contributed by atoms with van der Waals surface area (Å²) in [4.78, 5) is 26.8. The lowest BCUT2D eigenvalue weighted by Gasteiger charge is -2.35. The quantitative estimate of drug-likeness (QED) is 0.661. The molecular weight excluding hydrogens is 374 g/mol. The lowest BCUT2D eigenvalue weighted by atomic mass is 10.2. The molecule has 4 heterocycles. The highest BCUT2D eigenvalue weighted by Gasteiger charge is 2.30. The van der Waals surface area contributed by atoms with Gasteiger partial charge in [0.05, 0.1) is 6.42 Å². The van der Waals surface area contributed by atoms with E-state index in [9.17, 15) is 4.79 Å². The molecule has 0 aromatic carbocycles. The molecule has 2 fully saturated rings. The second-order valence-electron chi connectivity index (χ2n) is 7.26. The second kappa shape index (κ2) is 7.35. The minimum Gasteiger partial charge on any atom is -0.353 e. The summed E-state index contributed by atoms with van der Waals surface area (Å²) in [7, 11) is 0. The Morgan fingerprint density at radius 1 is 1.18 bits per heavy atom. The molecule has 0 bridgehead atoms. The third-order valence-electron chi connectivity index (χ3n) is 5.24. The average molecular weight is 395 g/mol. The predicted molar refractivity (Wildman–Crippen MR) is 106 cm³/mol. The van der Waals surface area contributed by atoms with Crippen molar-refractivity contribution in [2.45, 2.75) is 25.2 Å². The summed E-state index contributed by atoms with van der Waals surface area (Å²) >= 11 is 1.63. The average Bonchev–Trinajstić information content (AvgIpc) is 3.24. The lowest BCUT2D eigenvalue weighted by Crippen LogP contribution is -2.49. The third kappa shape index (κ3) is 3.64. The number of pyridine rings is 1. The van der Waals surface area contributed by atoms with E-state index in [-0.39, 0.29) is 5.91 Å². The summed E-state index contributed by atoms with van der Waals surface area (Å²) in [6.45, 7) is 3.03. The van der Waals surface area contributed by atoms with Gasteiger partial charge in [-0.05, 0) is 36.4 Å². The summed E-state index contributed by atoms with van der Waals surface area (Å²) in [5.74, 6) is 2.91. The van der Waals surface area contributed by atoms with Gasteiger partial charge in [-0.1, -0.05) is 11.2 Å². The van der Waals surface area contributed by atoms with E-state index in [0.717, 1.165) is 61.2 Å². The van der Waals surface area contributed by atoms with Gasteiger partial charge in [0.25, 0.3) is 0 Å². The van der Waals surface area contributed by atoms with Crippen LogP contribution in [0.2, 0.25) is 0 Å². The van der Waals surface area contributed by atoms with Crippen LogP contribution in [0.4, 0.5) is 5.82 Å². The van der Waals surface area contributed by atoms with Crippen LogP contribution < -0.4 is 4.90 Å². The lowest BCUT2D eigenvalue weighted by molar-refractivity contribution is -0.130. The van der Waals surface area contributed by atoms with E-state index in [4.69, 9.17) is 4.52 Å². The van der Waals surface area contributed by atoms with E-state index >= 15 is 0 Å². The van der Waals surface area contributed by atoms with E-state index in [1.165, 1.54) is 0 Å². The fourth-order valence-corrected chi connectivity index (χ4v) is 4.11. The van der Waals surface area contributed by atoms with Crippen molar-refractivity contribution >= 4 is 23.1 Å². The Kier molecular flexibility index (Phi) is 4.56. The number of amides is 1. The van der Waals surface area contributed by atoms with Crippen molar-refractivity contribution in [1.29, 1.82) is 0 Å². The molecule has 7 nitrogen and oxygen atoms in total. The van der Waals surface area contributed by atoms with Crippen molar-refractivity contribution in [2.75, 3.05) is 31.1 Å². The van der Waals surface area contributed by atoms with Gasteiger partial charge in [0.15, 0.2) is 0 Å². The van der Waals surface area contributed by atoms with Crippen LogP contribution in [-0.4, -0.2) is 52.1 Å². The molecular formula is C20H21N5O2S. The molecule has 1 aliphatic carbocycles. The Morgan fingerprint density at radius 3 is 2.71 bits per heavy atom. The fraction of sp³-hybridized carbons (Fsp3) is 0.400. The monoisotopic (exact) mass is 395 g/mol. The first kappa shape index (κ1) is 17.4. The van der Waals surface area contributed by atoms with Gasteiger partial charge in [-0.15, -0.1) is 11.3 Å². The summed E-state index contributed by atoms with van der Waals surface area (Å²) < 4.78 is 5.33. The first-order chi connectivity index (χ1) is 13.8. The van der Waals surface area contributed by atoms with Crippen molar-refractivity contribution in [3.05, 3.63) is 46.6 Å². The van der Waals surface area contributed by atoms with Crippen LogP contribution >= 0.6 is 11.3 Å². The fourth-order valence-electron chi connectivity index (χ4n) is 3.41. The van der Waals surface area contributed by atoms with Crippen LogP contribution in [0.15, 0.2) is 40.4 Å². The molecule has 0 radical (unpaired) electrons. The van der Waals surface area contributed by atoms with Gasteiger partial charge in [-0.3, -0.25) is 4.79 Å². The van der Waals surface area contributed by atoms with Gasteiger partial charge in [0, 0.05) is 48.7 Å². The number of hydrogen-bond donors (Lipinski definition) is 0. The zero-order valence-corrected chi connectivity index (χ0v) is 16.3. The SMILES string of the molecule is O=C(Cc1cccs1)N1CCN(c2ccc(-c3noc(C4CC4)n3)cn2)CC1. The standard InChI is InChI=1S/C20H21N5O2S/c26-18(12-16-2-1-11-28-16)25-9-7-24(8-10-25)17-6-5-15(13-21-17)19-22-20(27-23-19)14-3-4-14/h1-2,5-6,11,13-14H,3-4,7-10,12H2. The van der Waals surface area contributed by atoms with Crippen molar-refractivity contribution in [1.82, 2.24) is 20.0 Å². The molecule has 0 spiro atoms. The van der Waals surface area contributed by atoms with E-state index in [1.807, 2.05) is 34.5 Å². The maximum atomic E-state index is 12.4. The molecule has 3 aromatic heterocycles. The van der Waals surface area contributed by atoms with Gasteiger partial charge in [0.1, 0.15) is 5.82 Å². The van der Waals surface area contributed by atoms with Crippen molar-refractivity contribution < 1.29 is 9.32 Å². The summed E-state index contributed by atoms with van der Waals surface area (Å²) in [5.41, 5.74) is 0.865. The Hall–Kier alpha value is -2.74. The first-order valence-corrected chi connectivity index (χ1v) is 10.5. The topological polar surface area (TPSA) is 75.4 Å². The highest BCUT2D eigenvalue weighted by atomic mass is 32.1. The Bertz CT molecular complexity index is 941. The van der Waals surface area contributed by atoms with Gasteiger partial charge < -0.3 is 14.3 Å². The van der Waals surface area contributed by atoms with E-state index in [1.54, 1.807) is 17.5 Å². The molecule has 1 saturated heterocycles. The van der Waals surface area contributed by atoms with Crippen LogP contribution in [-0.2, 0) is 11.2 Å². The molecule has 2 aliphatic rings. The smallest absolute Gasteiger partial charge is 0.230 e. The normalized spacial score (nSPS) is 17.1. The van der Waals surface area contributed by atoms with E-state index in [2.05, 4.69) is 20.0 Å². The van der Waals surface area contributed by atoms with Crippen molar-refractivity contribution in [3.8, 4) is 11.4 Å². The molecule has 0 unspecified atom stereocenters. The second-order valence-corrected chi connectivity index (χ2v) is 8.29. The molecule has 5 rings (SSSR count). The number of rotatable bonds is 5. The third-order valence-corrected chi connectivity index (χ3v) is 6.11. The number of thiophene rings is 1. The van der Waals surface area contributed by atoms with Crippen LogP contribution in [0, 0.1) is 0 Å². The maximum Gasteiger partial charge on any atom is 0.230 e. The predicted octanol–water partition coefficient (Wildman–Crippen LogP) is 2.96. The van der Waals surface area contributed by atoms with Gasteiger partial charge in [-0.2, -0.15) is 4.98 Å². The summed E-state index contributed by atoms with van der Waals surface area (Å²) in [6, 6.07) is 7.98. The van der Waals surface area contributed by atoms with Gasteiger partial charge in [0.2, 0.25) is 17.6 Å². The van der Waals surface area contributed by atoms with Crippen molar-refractivity contribution in [3.63, 3.8) is 0 Å². The number of piperazine rings is 1. The molecule has 144 valence electrons. The number of anilines is 1. The number of aromatic nitrogens is 3. The van der Waals surface area contributed by atoms with E-state index < -0.39 is 0 Å². The molecule has 0 N–H and O–H groups in total. The zero-order valence-electron chi connectivity index (χ0n) is 15.5. The molecule has 1 amide bonds. The molecule has 0 atom stereocenters. The van der Waals surface area contributed by atoms with Crippen LogP contribution in [0.25, 0.3) is 11.4 Å². The number of carbonyl (C=O) groups is 1. The zero-order chi connectivity index (χ0) is 18.9. The highest BCUT2D eigenvalue weighted by molar-refractivity contribution is 7.10. The maximum absolute atomic E-state index is 12.4. The van der Waals surface area contributed by atoms with Crippen LogP contribution in [0.1, 0.15) is 29.5 Å². The minimum absolute atomic E-state index is 0.203. The van der Waals surface area contributed by atoms with Crippen LogP contribution in [0.5, 0.6) is 0 Å². The summed E-state index contributed by atoms with van der Waals surface area (Å²) in [6.07, 6.45) is 4.57. The highest BCUT2D eigenvalue weighted by Crippen LogP contribution is 2.39. The minimum atomic E-state index is 0.203. The van der Waals surface area contributed by atoms with Gasteiger partial charge >= 0.3 is 0 Å². The van der Waals surface area contributed by atoms with Crippen molar-refractivity contribution in [2.24, 2.45) is 0 Å². The number of carbonyl (C=O) groups excluding carboxylic acids is 1. The van der Waals surface area contributed by atoms with E-state index in [0.29, 0.717) is 18.2 Å². The summed E-state index contributed by atoms with van der Waals surface area (Å²) in [5, 5.41) is 6.08. The molecule has 28 heavy (non-hydrogen) atoms. The number of hydrogen-bond acceptors (Lipinski definition) is 7. The molecule has 1 saturated carbocycles. The Morgan fingerprint density at radius 2 is 2.04 bits per heavy atom. The molecule has 8 heteroatoms. The van der Waals surface area contributed by atoms with Gasteiger partial charge in [-0.25, -0.2) is 4.98 Å². The Balaban J connectivity index is 1.18. The molecule has 1 aliphatic heterocycles. The largest absolute Gasteiger partial charge is 0.353 e.